The maximum absolute atomic E-state index is 12.8. The molecule has 1 aliphatic rings. The molecule has 0 unspecified atom stereocenters. The summed E-state index contributed by atoms with van der Waals surface area (Å²) in [6, 6.07) is 6.14. The van der Waals surface area contributed by atoms with Gasteiger partial charge in [0.05, 0.1) is 4.90 Å². The predicted octanol–water partition coefficient (Wildman–Crippen LogP) is 2.70. The molecule has 1 N–H and O–H groups in total. The molecule has 0 aliphatic carbocycles. The lowest BCUT2D eigenvalue weighted by Crippen LogP contribution is -2.50. The number of nitrogens with one attached hydrogen (secondary N) is 1. The molecule has 24 heavy (non-hydrogen) atoms. The second kappa shape index (κ2) is 8.12. The van der Waals surface area contributed by atoms with E-state index in [0.29, 0.717) is 12.0 Å². The zero-order chi connectivity index (χ0) is 17.7. The van der Waals surface area contributed by atoms with E-state index in [1.54, 1.807) is 36.1 Å². The van der Waals surface area contributed by atoms with Gasteiger partial charge >= 0.3 is 0 Å². The van der Waals surface area contributed by atoms with Crippen molar-refractivity contribution < 1.29 is 13.2 Å². The second-order valence-corrected chi connectivity index (χ2v) is 8.64. The largest absolute Gasteiger partial charge is 0.341 e. The van der Waals surface area contributed by atoms with Crippen LogP contribution in [0.15, 0.2) is 29.2 Å². The molecule has 0 aromatic heterocycles. The molecular weight excluding hydrogens is 324 g/mol. The molecule has 1 fully saturated rings. The van der Waals surface area contributed by atoms with Crippen LogP contribution in [-0.2, 0) is 14.8 Å². The van der Waals surface area contributed by atoms with Crippen LogP contribution in [0.5, 0.6) is 0 Å². The molecule has 5 nitrogen and oxygen atoms in total. The number of sulfonamides is 1. The van der Waals surface area contributed by atoms with Crippen molar-refractivity contribution in [2.45, 2.75) is 57.4 Å². The number of rotatable bonds is 6. The maximum atomic E-state index is 12.8. The zero-order valence-electron chi connectivity index (χ0n) is 14.8. The van der Waals surface area contributed by atoms with E-state index in [0.717, 1.165) is 32.4 Å². The average Bonchev–Trinajstić information content (AvgIpc) is 2.54. The van der Waals surface area contributed by atoms with E-state index in [1.165, 1.54) is 0 Å². The molecule has 1 aromatic rings. The molecule has 1 heterocycles. The SMILES string of the molecule is Cc1ccccc1S(=O)(=O)N[C@@H](CC(C)C)C(=O)N1CCCCC1. The van der Waals surface area contributed by atoms with Gasteiger partial charge in [-0.05, 0) is 50.2 Å². The summed E-state index contributed by atoms with van der Waals surface area (Å²) in [5.41, 5.74) is 0.679. The Morgan fingerprint density at radius 1 is 1.17 bits per heavy atom. The van der Waals surface area contributed by atoms with Crippen molar-refractivity contribution in [3.63, 3.8) is 0 Å². The summed E-state index contributed by atoms with van der Waals surface area (Å²) in [7, 11) is -3.72. The van der Waals surface area contributed by atoms with Gasteiger partial charge in [0.15, 0.2) is 0 Å². The highest BCUT2D eigenvalue weighted by molar-refractivity contribution is 7.89. The number of benzene rings is 1. The van der Waals surface area contributed by atoms with Gasteiger partial charge in [0.2, 0.25) is 15.9 Å². The normalized spacial score (nSPS) is 17.1. The highest BCUT2D eigenvalue weighted by Gasteiger charge is 2.30. The van der Waals surface area contributed by atoms with Crippen molar-refractivity contribution in [2.75, 3.05) is 13.1 Å². The highest BCUT2D eigenvalue weighted by atomic mass is 32.2. The van der Waals surface area contributed by atoms with Crippen LogP contribution in [0.3, 0.4) is 0 Å². The van der Waals surface area contributed by atoms with E-state index < -0.39 is 16.1 Å². The fraction of sp³-hybridized carbons (Fsp3) is 0.611. The van der Waals surface area contributed by atoms with E-state index in [-0.39, 0.29) is 16.7 Å². The van der Waals surface area contributed by atoms with Crippen molar-refractivity contribution >= 4 is 15.9 Å². The molecular formula is C18H28N2O3S. The molecule has 0 saturated carbocycles. The van der Waals surface area contributed by atoms with E-state index in [4.69, 9.17) is 0 Å². The number of nitrogens with zero attached hydrogens (tertiary/aromatic N) is 1. The molecule has 0 bridgehead atoms. The minimum atomic E-state index is -3.72. The standard InChI is InChI=1S/C18H28N2O3S/c1-14(2)13-16(18(21)20-11-7-4-8-12-20)19-24(22,23)17-10-6-5-9-15(17)3/h5-6,9-10,14,16,19H,4,7-8,11-13H2,1-3H3/t16-/m0/s1. The molecule has 1 saturated heterocycles. The first-order chi connectivity index (χ1) is 11.3. The quantitative estimate of drug-likeness (QED) is 0.856. The summed E-state index contributed by atoms with van der Waals surface area (Å²) in [6.07, 6.45) is 3.61. The van der Waals surface area contributed by atoms with Crippen LogP contribution in [0.25, 0.3) is 0 Å². The third-order valence-electron chi connectivity index (χ3n) is 4.35. The van der Waals surface area contributed by atoms with Crippen molar-refractivity contribution in [3.05, 3.63) is 29.8 Å². The van der Waals surface area contributed by atoms with Crippen LogP contribution in [0.4, 0.5) is 0 Å². The summed E-state index contributed by atoms with van der Waals surface area (Å²) in [5, 5.41) is 0. The van der Waals surface area contributed by atoms with Crippen molar-refractivity contribution in [1.29, 1.82) is 0 Å². The van der Waals surface area contributed by atoms with Gasteiger partial charge in [-0.3, -0.25) is 4.79 Å². The van der Waals surface area contributed by atoms with Gasteiger partial charge in [0.1, 0.15) is 6.04 Å². The Labute approximate surface area is 145 Å². The minimum absolute atomic E-state index is 0.0967. The van der Waals surface area contributed by atoms with Gasteiger partial charge in [-0.1, -0.05) is 32.0 Å². The molecule has 6 heteroatoms. The van der Waals surface area contributed by atoms with Gasteiger partial charge in [0, 0.05) is 13.1 Å². The number of hydrogen-bond donors (Lipinski definition) is 1. The van der Waals surface area contributed by atoms with Gasteiger partial charge in [-0.15, -0.1) is 0 Å². The van der Waals surface area contributed by atoms with Crippen LogP contribution in [0, 0.1) is 12.8 Å². The lowest BCUT2D eigenvalue weighted by molar-refractivity contribution is -0.134. The molecule has 1 amide bonds. The summed E-state index contributed by atoms with van der Waals surface area (Å²) in [4.78, 5) is 14.9. The number of amides is 1. The van der Waals surface area contributed by atoms with Crippen LogP contribution in [0.2, 0.25) is 0 Å². The maximum Gasteiger partial charge on any atom is 0.241 e. The monoisotopic (exact) mass is 352 g/mol. The number of hydrogen-bond acceptors (Lipinski definition) is 3. The Bertz CT molecular complexity index is 665. The van der Waals surface area contributed by atoms with Gasteiger partial charge in [0.25, 0.3) is 0 Å². The van der Waals surface area contributed by atoms with Crippen LogP contribution >= 0.6 is 0 Å². The fourth-order valence-corrected chi connectivity index (χ4v) is 4.56. The summed E-state index contributed by atoms with van der Waals surface area (Å²) in [5.74, 6) is 0.129. The fourth-order valence-electron chi connectivity index (χ4n) is 3.11. The van der Waals surface area contributed by atoms with Crippen LogP contribution in [0.1, 0.15) is 45.1 Å². The first kappa shape index (κ1) is 18.9. The Morgan fingerprint density at radius 2 is 1.79 bits per heavy atom. The average molecular weight is 353 g/mol. The van der Waals surface area contributed by atoms with Gasteiger partial charge in [-0.25, -0.2) is 8.42 Å². The summed E-state index contributed by atoms with van der Waals surface area (Å²) >= 11 is 0. The van der Waals surface area contributed by atoms with E-state index in [9.17, 15) is 13.2 Å². The van der Waals surface area contributed by atoms with E-state index >= 15 is 0 Å². The smallest absolute Gasteiger partial charge is 0.241 e. The number of likely N-dealkylation sites (tertiary alicyclic amines) is 1. The molecule has 2 rings (SSSR count). The molecule has 1 atom stereocenters. The second-order valence-electron chi connectivity index (χ2n) is 6.95. The first-order valence-electron chi connectivity index (χ1n) is 8.68. The number of carbonyl (C=O) groups is 1. The van der Waals surface area contributed by atoms with Crippen LogP contribution < -0.4 is 4.72 Å². The van der Waals surface area contributed by atoms with Gasteiger partial charge < -0.3 is 4.90 Å². The first-order valence-corrected chi connectivity index (χ1v) is 10.2. The third kappa shape index (κ3) is 4.80. The number of aryl methyl sites for hydroxylation is 1. The van der Waals surface area contributed by atoms with Gasteiger partial charge in [-0.2, -0.15) is 4.72 Å². The number of piperidine rings is 1. The predicted molar refractivity (Wildman–Crippen MR) is 95.2 cm³/mol. The summed E-state index contributed by atoms with van der Waals surface area (Å²) < 4.78 is 28.2. The molecule has 1 aromatic carbocycles. The third-order valence-corrected chi connectivity index (χ3v) is 5.99. The molecule has 134 valence electrons. The molecule has 0 spiro atoms. The summed E-state index contributed by atoms with van der Waals surface area (Å²) in [6.45, 7) is 7.20. The Morgan fingerprint density at radius 3 is 2.38 bits per heavy atom. The highest BCUT2D eigenvalue weighted by Crippen LogP contribution is 2.18. The van der Waals surface area contributed by atoms with Crippen molar-refractivity contribution in [2.24, 2.45) is 5.92 Å². The Kier molecular flexibility index (Phi) is 6.40. The zero-order valence-corrected chi connectivity index (χ0v) is 15.6. The minimum Gasteiger partial charge on any atom is -0.341 e. The van der Waals surface area contributed by atoms with E-state index in [1.807, 2.05) is 13.8 Å². The Balaban J connectivity index is 2.21. The molecule has 1 aliphatic heterocycles. The van der Waals surface area contributed by atoms with E-state index in [2.05, 4.69) is 4.72 Å². The van der Waals surface area contributed by atoms with Crippen molar-refractivity contribution in [3.8, 4) is 0 Å². The Hall–Kier alpha value is -1.40. The van der Waals surface area contributed by atoms with Crippen LogP contribution in [-0.4, -0.2) is 38.4 Å². The topological polar surface area (TPSA) is 66.5 Å². The number of carbonyl (C=O) groups excluding carboxylic acids is 1. The molecule has 0 radical (unpaired) electrons. The lowest BCUT2D eigenvalue weighted by atomic mass is 10.0. The van der Waals surface area contributed by atoms with Crippen molar-refractivity contribution in [1.82, 2.24) is 9.62 Å². The lowest BCUT2D eigenvalue weighted by Gasteiger charge is -2.31.